The van der Waals surface area contributed by atoms with Crippen LogP contribution in [0.3, 0.4) is 0 Å². The van der Waals surface area contributed by atoms with Gasteiger partial charge in [-0.05, 0) is 32.9 Å². The molecule has 0 unspecified atom stereocenters. The number of hydrogen-bond acceptors (Lipinski definition) is 4. The number of aromatic nitrogens is 3. The first-order chi connectivity index (χ1) is 12.8. The summed E-state index contributed by atoms with van der Waals surface area (Å²) in [5.74, 6) is -0.500. The van der Waals surface area contributed by atoms with E-state index in [1.165, 1.54) is 10.9 Å². The predicted molar refractivity (Wildman–Crippen MR) is 98.1 cm³/mol. The number of aryl methyl sites for hydroxylation is 1. The Labute approximate surface area is 157 Å². The number of rotatable bonds is 5. The van der Waals surface area contributed by atoms with Crippen molar-refractivity contribution in [2.75, 3.05) is 6.54 Å². The first-order valence-electron chi connectivity index (χ1n) is 9.06. The summed E-state index contributed by atoms with van der Waals surface area (Å²) < 4.78 is 15.5. The zero-order chi connectivity index (χ0) is 19.6. The Morgan fingerprint density at radius 2 is 2.15 bits per heavy atom. The number of carbonyl (C=O) groups is 2. The molecule has 2 atom stereocenters. The number of hydrogen-bond donors (Lipinski definition) is 1. The average molecular weight is 373 g/mol. The third-order valence-electron chi connectivity index (χ3n) is 4.48. The molecule has 0 bridgehead atoms. The minimum atomic E-state index is -1.07. The fourth-order valence-electron chi connectivity index (χ4n) is 3.27. The van der Waals surface area contributed by atoms with Crippen molar-refractivity contribution >= 4 is 11.8 Å². The van der Waals surface area contributed by atoms with Crippen LogP contribution in [0.25, 0.3) is 0 Å². The zero-order valence-corrected chi connectivity index (χ0v) is 15.7. The lowest BCUT2D eigenvalue weighted by molar-refractivity contribution is 0.0714. The molecule has 0 spiro atoms. The summed E-state index contributed by atoms with van der Waals surface area (Å²) in [6.45, 7) is 5.98. The van der Waals surface area contributed by atoms with Gasteiger partial charge in [-0.15, -0.1) is 5.10 Å². The molecule has 0 aliphatic carbocycles. The Balaban J connectivity index is 1.72. The number of nitrogens with zero attached hydrogens (tertiary/aromatic N) is 4. The van der Waals surface area contributed by atoms with E-state index in [9.17, 15) is 14.0 Å². The van der Waals surface area contributed by atoms with E-state index in [0.29, 0.717) is 12.1 Å². The molecule has 7 nitrogen and oxygen atoms in total. The number of benzene rings is 1. The van der Waals surface area contributed by atoms with Gasteiger partial charge in [-0.3, -0.25) is 9.59 Å². The molecule has 2 amide bonds. The molecular weight excluding hydrogens is 349 g/mol. The number of halogens is 1. The second kappa shape index (κ2) is 7.85. The molecule has 27 heavy (non-hydrogen) atoms. The minimum Gasteiger partial charge on any atom is -0.348 e. The minimum absolute atomic E-state index is 0.00720. The molecule has 1 aliphatic heterocycles. The van der Waals surface area contributed by atoms with E-state index in [2.05, 4.69) is 15.6 Å². The van der Waals surface area contributed by atoms with Crippen LogP contribution in [0.2, 0.25) is 0 Å². The summed E-state index contributed by atoms with van der Waals surface area (Å²) in [7, 11) is 0. The number of alkyl halides is 1. The van der Waals surface area contributed by atoms with Gasteiger partial charge >= 0.3 is 0 Å². The van der Waals surface area contributed by atoms with Crippen molar-refractivity contribution in [3.8, 4) is 0 Å². The van der Waals surface area contributed by atoms with Crippen molar-refractivity contribution in [2.45, 2.75) is 52.0 Å². The maximum atomic E-state index is 14.1. The molecular formula is C19H24FN5O2. The third kappa shape index (κ3) is 4.50. The van der Waals surface area contributed by atoms with E-state index in [1.54, 1.807) is 17.0 Å². The molecule has 1 aromatic carbocycles. The number of amides is 2. The summed E-state index contributed by atoms with van der Waals surface area (Å²) in [5.41, 5.74) is 1.73. The Kier molecular flexibility index (Phi) is 5.53. The smallest absolute Gasteiger partial charge is 0.273 e. The third-order valence-corrected chi connectivity index (χ3v) is 4.48. The standard InChI is InChI=1S/C19H24FN5O2/c1-12(2)21-18(26)17-11-24(23-22-17)10-16-8-15(20)9-25(16)19(27)14-6-4-5-13(3)7-14/h4-7,11-12,15-16H,8-10H2,1-3H3,(H,21,26)/t15-,16-/m0/s1. The van der Waals surface area contributed by atoms with Crippen LogP contribution < -0.4 is 5.32 Å². The lowest BCUT2D eigenvalue weighted by Crippen LogP contribution is -2.38. The molecule has 0 saturated carbocycles. The summed E-state index contributed by atoms with van der Waals surface area (Å²) >= 11 is 0. The van der Waals surface area contributed by atoms with Crippen molar-refractivity contribution in [3.05, 3.63) is 47.3 Å². The van der Waals surface area contributed by atoms with Crippen LogP contribution in [0.15, 0.2) is 30.5 Å². The van der Waals surface area contributed by atoms with Gasteiger partial charge in [-0.2, -0.15) is 0 Å². The molecule has 3 rings (SSSR count). The highest BCUT2D eigenvalue weighted by Gasteiger charge is 2.36. The lowest BCUT2D eigenvalue weighted by Gasteiger charge is -2.24. The zero-order valence-electron chi connectivity index (χ0n) is 15.7. The molecule has 0 radical (unpaired) electrons. The fraction of sp³-hybridized carbons (Fsp3) is 0.474. The normalized spacial score (nSPS) is 19.5. The van der Waals surface area contributed by atoms with Gasteiger partial charge in [0.05, 0.1) is 25.3 Å². The Hall–Kier alpha value is -2.77. The van der Waals surface area contributed by atoms with Gasteiger partial charge < -0.3 is 10.2 Å². The molecule has 1 fully saturated rings. The molecule has 1 N–H and O–H groups in total. The van der Waals surface area contributed by atoms with Crippen LogP contribution in [-0.4, -0.2) is 56.5 Å². The molecule has 1 saturated heterocycles. The quantitative estimate of drug-likeness (QED) is 0.869. The van der Waals surface area contributed by atoms with Crippen LogP contribution in [0.4, 0.5) is 4.39 Å². The first kappa shape index (κ1) is 19.0. The predicted octanol–water partition coefficient (Wildman–Crippen LogP) is 1.98. The van der Waals surface area contributed by atoms with Gasteiger partial charge in [0.25, 0.3) is 11.8 Å². The average Bonchev–Trinajstić information content (AvgIpc) is 3.20. The van der Waals surface area contributed by atoms with Gasteiger partial charge in [-0.1, -0.05) is 22.9 Å². The highest BCUT2D eigenvalue weighted by Crippen LogP contribution is 2.24. The van der Waals surface area contributed by atoms with E-state index in [0.717, 1.165) is 5.56 Å². The van der Waals surface area contributed by atoms with Crippen LogP contribution in [0, 0.1) is 6.92 Å². The summed E-state index contributed by atoms with van der Waals surface area (Å²) in [5, 5.41) is 10.6. The van der Waals surface area contributed by atoms with E-state index >= 15 is 0 Å². The Morgan fingerprint density at radius 1 is 1.37 bits per heavy atom. The van der Waals surface area contributed by atoms with Crippen molar-refractivity contribution < 1.29 is 14.0 Å². The van der Waals surface area contributed by atoms with Gasteiger partial charge in [0.1, 0.15) is 6.17 Å². The highest BCUT2D eigenvalue weighted by atomic mass is 19.1. The van der Waals surface area contributed by atoms with E-state index in [4.69, 9.17) is 0 Å². The van der Waals surface area contributed by atoms with Gasteiger partial charge in [0.15, 0.2) is 5.69 Å². The van der Waals surface area contributed by atoms with E-state index in [-0.39, 0.29) is 42.6 Å². The van der Waals surface area contributed by atoms with Gasteiger partial charge in [0, 0.05) is 18.0 Å². The summed E-state index contributed by atoms with van der Waals surface area (Å²) in [4.78, 5) is 26.4. The van der Waals surface area contributed by atoms with Crippen LogP contribution in [0.5, 0.6) is 0 Å². The lowest BCUT2D eigenvalue weighted by atomic mass is 10.1. The summed E-state index contributed by atoms with van der Waals surface area (Å²) in [6.07, 6.45) is 0.694. The second-order valence-corrected chi connectivity index (χ2v) is 7.27. The molecule has 2 heterocycles. The topological polar surface area (TPSA) is 80.1 Å². The van der Waals surface area contributed by atoms with Crippen molar-refractivity contribution in [2.24, 2.45) is 0 Å². The monoisotopic (exact) mass is 373 g/mol. The van der Waals surface area contributed by atoms with E-state index < -0.39 is 6.17 Å². The molecule has 8 heteroatoms. The molecule has 1 aromatic heterocycles. The van der Waals surface area contributed by atoms with E-state index in [1.807, 2.05) is 32.9 Å². The largest absolute Gasteiger partial charge is 0.348 e. The second-order valence-electron chi connectivity index (χ2n) is 7.27. The Morgan fingerprint density at radius 3 is 2.85 bits per heavy atom. The van der Waals surface area contributed by atoms with Crippen molar-refractivity contribution in [1.82, 2.24) is 25.2 Å². The van der Waals surface area contributed by atoms with Crippen molar-refractivity contribution in [3.63, 3.8) is 0 Å². The van der Waals surface area contributed by atoms with Crippen LogP contribution in [0.1, 0.15) is 46.7 Å². The van der Waals surface area contributed by atoms with Crippen LogP contribution >= 0.6 is 0 Å². The Bertz CT molecular complexity index is 835. The first-order valence-corrected chi connectivity index (χ1v) is 9.06. The number of nitrogens with one attached hydrogen (secondary N) is 1. The maximum absolute atomic E-state index is 14.1. The number of likely N-dealkylation sites (tertiary alicyclic amines) is 1. The molecule has 1 aliphatic rings. The molecule has 2 aromatic rings. The van der Waals surface area contributed by atoms with Gasteiger partial charge in [-0.25, -0.2) is 9.07 Å². The van der Waals surface area contributed by atoms with Crippen molar-refractivity contribution in [1.29, 1.82) is 0 Å². The maximum Gasteiger partial charge on any atom is 0.273 e. The van der Waals surface area contributed by atoms with Crippen LogP contribution in [-0.2, 0) is 6.54 Å². The fourth-order valence-corrected chi connectivity index (χ4v) is 3.27. The molecule has 144 valence electrons. The SMILES string of the molecule is Cc1cccc(C(=O)N2C[C@@H](F)C[C@H]2Cn2cc(C(=O)NC(C)C)nn2)c1. The number of carbonyl (C=O) groups excluding carboxylic acids is 2. The summed E-state index contributed by atoms with van der Waals surface area (Å²) in [6, 6.07) is 6.92. The van der Waals surface area contributed by atoms with Gasteiger partial charge in [0.2, 0.25) is 0 Å². The highest BCUT2D eigenvalue weighted by molar-refractivity contribution is 5.95.